The van der Waals surface area contributed by atoms with E-state index in [0.29, 0.717) is 5.92 Å². The summed E-state index contributed by atoms with van der Waals surface area (Å²) in [6.45, 7) is 4.36. The first-order valence-corrected chi connectivity index (χ1v) is 12.0. The Morgan fingerprint density at radius 3 is 2.66 bits per heavy atom. The van der Waals surface area contributed by atoms with E-state index in [0.717, 1.165) is 46.9 Å². The van der Waals surface area contributed by atoms with Crippen molar-refractivity contribution in [2.24, 2.45) is 17.8 Å². The molecule has 0 heterocycles. The molecule has 0 N–H and O–H groups in total. The number of hydrogen-bond acceptors (Lipinski definition) is 0. The molecule has 0 amide bonds. The molecule has 0 aromatic heterocycles. The van der Waals surface area contributed by atoms with Gasteiger partial charge in [0.25, 0.3) is 0 Å². The first-order valence-electron chi connectivity index (χ1n) is 12.0. The third-order valence-corrected chi connectivity index (χ3v) is 7.71. The third-order valence-electron chi connectivity index (χ3n) is 7.71. The van der Waals surface area contributed by atoms with E-state index in [9.17, 15) is 4.39 Å². The highest BCUT2D eigenvalue weighted by Crippen LogP contribution is 2.48. The molecule has 0 aliphatic heterocycles. The van der Waals surface area contributed by atoms with Crippen molar-refractivity contribution < 1.29 is 4.39 Å². The molecule has 0 saturated heterocycles. The Hall–Kier alpha value is -1.63. The molecule has 2 aromatic rings. The van der Waals surface area contributed by atoms with Crippen LogP contribution < -0.4 is 0 Å². The normalized spacial score (nSPS) is 27.4. The van der Waals surface area contributed by atoms with Crippen LogP contribution in [-0.4, -0.2) is 0 Å². The molecule has 2 fully saturated rings. The van der Waals surface area contributed by atoms with Crippen LogP contribution in [0, 0.1) is 23.6 Å². The highest BCUT2D eigenvalue weighted by atomic mass is 19.1. The SMILES string of the molecule is C/C=C/CCc1cc(F)c2cc([C@@H]3CC[C@@H]4CC(CCC)CCC4C3)ccc2c1. The average molecular weight is 393 g/mol. The van der Waals surface area contributed by atoms with Gasteiger partial charge in [0.2, 0.25) is 0 Å². The largest absolute Gasteiger partial charge is 0.206 e. The molecule has 2 aliphatic rings. The van der Waals surface area contributed by atoms with Gasteiger partial charge in [0.1, 0.15) is 5.82 Å². The van der Waals surface area contributed by atoms with Crippen LogP contribution in [0.2, 0.25) is 0 Å². The summed E-state index contributed by atoms with van der Waals surface area (Å²) in [4.78, 5) is 0. The predicted octanol–water partition coefficient (Wildman–Crippen LogP) is 8.59. The number of benzene rings is 2. The maximum absolute atomic E-state index is 14.9. The Balaban J connectivity index is 1.47. The fourth-order valence-electron chi connectivity index (χ4n) is 6.16. The molecule has 4 rings (SSSR count). The van der Waals surface area contributed by atoms with E-state index in [-0.39, 0.29) is 5.82 Å². The summed E-state index contributed by atoms with van der Waals surface area (Å²) in [5, 5.41) is 1.86. The maximum Gasteiger partial charge on any atom is 0.131 e. The molecule has 0 radical (unpaired) electrons. The van der Waals surface area contributed by atoms with Gasteiger partial charge in [-0.3, -0.25) is 0 Å². The molecule has 2 saturated carbocycles. The van der Waals surface area contributed by atoms with Gasteiger partial charge < -0.3 is 0 Å². The van der Waals surface area contributed by atoms with Crippen molar-refractivity contribution >= 4 is 10.8 Å². The first-order chi connectivity index (χ1) is 14.2. The minimum Gasteiger partial charge on any atom is -0.206 e. The van der Waals surface area contributed by atoms with Crippen molar-refractivity contribution in [3.63, 3.8) is 0 Å². The van der Waals surface area contributed by atoms with Crippen LogP contribution in [-0.2, 0) is 6.42 Å². The van der Waals surface area contributed by atoms with Crippen LogP contribution in [0.25, 0.3) is 10.8 Å². The molecule has 2 unspecified atom stereocenters. The molecule has 29 heavy (non-hydrogen) atoms. The summed E-state index contributed by atoms with van der Waals surface area (Å²) in [5.41, 5.74) is 2.47. The fourth-order valence-corrected chi connectivity index (χ4v) is 6.16. The van der Waals surface area contributed by atoms with E-state index >= 15 is 0 Å². The molecular formula is C28H37F. The van der Waals surface area contributed by atoms with Gasteiger partial charge in [0.15, 0.2) is 0 Å². The summed E-state index contributed by atoms with van der Waals surface area (Å²) < 4.78 is 14.9. The molecular weight excluding hydrogens is 355 g/mol. The molecule has 0 nitrogen and oxygen atoms in total. The van der Waals surface area contributed by atoms with Gasteiger partial charge in [-0.15, -0.1) is 0 Å². The number of allylic oxidation sites excluding steroid dienone is 2. The van der Waals surface area contributed by atoms with Gasteiger partial charge in [-0.1, -0.05) is 56.5 Å². The second kappa shape index (κ2) is 9.45. The van der Waals surface area contributed by atoms with Crippen LogP contribution >= 0.6 is 0 Å². The molecule has 4 atom stereocenters. The summed E-state index contributed by atoms with van der Waals surface area (Å²) in [6.07, 6.45) is 17.2. The van der Waals surface area contributed by atoms with Crippen LogP contribution in [0.3, 0.4) is 0 Å². The lowest BCUT2D eigenvalue weighted by molar-refractivity contribution is 0.114. The number of aryl methyl sites for hydroxylation is 1. The zero-order valence-corrected chi connectivity index (χ0v) is 18.3. The molecule has 2 aliphatic carbocycles. The van der Waals surface area contributed by atoms with Crippen molar-refractivity contribution in [1.29, 1.82) is 0 Å². The van der Waals surface area contributed by atoms with E-state index in [1.807, 2.05) is 6.92 Å². The Labute approximate surface area is 176 Å². The highest BCUT2D eigenvalue weighted by Gasteiger charge is 2.35. The van der Waals surface area contributed by atoms with E-state index in [4.69, 9.17) is 0 Å². The van der Waals surface area contributed by atoms with Crippen LogP contribution in [0.1, 0.15) is 88.7 Å². The van der Waals surface area contributed by atoms with Gasteiger partial charge in [-0.2, -0.15) is 0 Å². The summed E-state index contributed by atoms with van der Waals surface area (Å²) >= 11 is 0. The number of halogens is 1. The standard InChI is InChI=1S/C28H37F/c1-3-5-6-8-21-16-26-14-13-25(19-27(26)28(29)17-21)24-12-11-22-15-20(7-4-2)9-10-23(22)18-24/h3,5,13-14,16-17,19-20,22-24H,4,6-12,15,18H2,1-2H3/b5-3+/t20?,22-,23?,24-/m1/s1. The zero-order valence-electron chi connectivity index (χ0n) is 18.3. The van der Waals surface area contributed by atoms with Gasteiger partial charge in [0.05, 0.1) is 0 Å². The number of fused-ring (bicyclic) bond motifs is 2. The second-order valence-electron chi connectivity index (χ2n) is 9.66. The number of rotatable bonds is 6. The third kappa shape index (κ3) is 4.76. The molecule has 1 heteroatoms. The first kappa shape index (κ1) is 20.6. The van der Waals surface area contributed by atoms with Crippen molar-refractivity contribution in [2.75, 3.05) is 0 Å². The maximum atomic E-state index is 14.9. The van der Waals surface area contributed by atoms with Crippen LogP contribution in [0.5, 0.6) is 0 Å². The summed E-state index contributed by atoms with van der Waals surface area (Å²) in [5.74, 6) is 3.41. The smallest absolute Gasteiger partial charge is 0.131 e. The van der Waals surface area contributed by atoms with Crippen molar-refractivity contribution in [2.45, 2.75) is 84.0 Å². The lowest BCUT2D eigenvalue weighted by Crippen LogP contribution is -2.30. The quantitative estimate of drug-likeness (QED) is 0.432. The zero-order chi connectivity index (χ0) is 20.2. The van der Waals surface area contributed by atoms with Gasteiger partial charge in [-0.25, -0.2) is 4.39 Å². The molecule has 0 spiro atoms. The second-order valence-corrected chi connectivity index (χ2v) is 9.66. The van der Waals surface area contributed by atoms with Gasteiger partial charge in [-0.05, 0) is 104 Å². The summed E-state index contributed by atoms with van der Waals surface area (Å²) in [7, 11) is 0. The van der Waals surface area contributed by atoms with Crippen LogP contribution in [0.15, 0.2) is 42.5 Å². The Kier molecular flexibility index (Phi) is 6.73. The van der Waals surface area contributed by atoms with Crippen molar-refractivity contribution in [1.82, 2.24) is 0 Å². The number of hydrogen-bond donors (Lipinski definition) is 0. The average Bonchev–Trinajstić information content (AvgIpc) is 2.74. The molecule has 2 aromatic carbocycles. The van der Waals surface area contributed by atoms with Crippen LogP contribution in [0.4, 0.5) is 4.39 Å². The van der Waals surface area contributed by atoms with Gasteiger partial charge in [0, 0.05) is 5.39 Å². The Morgan fingerprint density at radius 1 is 1.00 bits per heavy atom. The highest BCUT2D eigenvalue weighted by molar-refractivity contribution is 5.84. The van der Waals surface area contributed by atoms with E-state index in [1.165, 1.54) is 56.9 Å². The van der Waals surface area contributed by atoms with E-state index in [1.54, 1.807) is 6.07 Å². The monoisotopic (exact) mass is 392 g/mol. The van der Waals surface area contributed by atoms with Gasteiger partial charge >= 0.3 is 0 Å². The summed E-state index contributed by atoms with van der Waals surface area (Å²) in [6, 6.07) is 10.5. The molecule has 156 valence electrons. The lowest BCUT2D eigenvalue weighted by Gasteiger charge is -2.42. The minimum absolute atomic E-state index is 0.0476. The van der Waals surface area contributed by atoms with Crippen molar-refractivity contribution in [3.05, 3.63) is 59.4 Å². The Bertz CT molecular complexity index is 849. The molecule has 0 bridgehead atoms. The minimum atomic E-state index is -0.0476. The fraction of sp³-hybridized carbons (Fsp3) is 0.571. The topological polar surface area (TPSA) is 0 Å². The Morgan fingerprint density at radius 2 is 1.83 bits per heavy atom. The van der Waals surface area contributed by atoms with Crippen molar-refractivity contribution in [3.8, 4) is 0 Å². The lowest BCUT2D eigenvalue weighted by atomic mass is 9.63. The predicted molar refractivity (Wildman–Crippen MR) is 123 cm³/mol. The van der Waals surface area contributed by atoms with E-state index < -0.39 is 0 Å². The van der Waals surface area contributed by atoms with E-state index in [2.05, 4.69) is 43.3 Å².